The van der Waals surface area contributed by atoms with Gasteiger partial charge in [0.05, 0.1) is 22.7 Å². The number of aryl methyl sites for hydroxylation is 2. The van der Waals surface area contributed by atoms with Gasteiger partial charge < -0.3 is 5.32 Å². The van der Waals surface area contributed by atoms with E-state index in [1.54, 1.807) is 53.8 Å². The van der Waals surface area contributed by atoms with Gasteiger partial charge in [0.25, 0.3) is 5.91 Å². The normalized spacial score (nSPS) is 10.9. The molecule has 10 heteroatoms. The number of amides is 1. The lowest BCUT2D eigenvalue weighted by Gasteiger charge is -2.08. The quantitative estimate of drug-likeness (QED) is 0.345. The fourth-order valence-electron chi connectivity index (χ4n) is 3.10. The standard InChI is InChI=1S/C19H21ClN6O3/c1-13-18(26(28)29)14(2)25(23-13)11-15-5-3-6-16(9-15)19(27)21-7-4-8-24-12-17(20)10-22-24/h3,5-6,9-10,12H,4,7-8,11H2,1-2H3,(H,21,27). The van der Waals surface area contributed by atoms with Crippen LogP contribution in [0.4, 0.5) is 5.69 Å². The highest BCUT2D eigenvalue weighted by Gasteiger charge is 2.21. The van der Waals surface area contributed by atoms with E-state index < -0.39 is 4.92 Å². The zero-order chi connectivity index (χ0) is 21.0. The molecule has 0 atom stereocenters. The fraction of sp³-hybridized carbons (Fsp3) is 0.316. The summed E-state index contributed by atoms with van der Waals surface area (Å²) >= 11 is 5.82. The van der Waals surface area contributed by atoms with E-state index in [1.807, 2.05) is 6.07 Å². The lowest BCUT2D eigenvalue weighted by Crippen LogP contribution is -2.25. The van der Waals surface area contributed by atoms with Gasteiger partial charge in [0.2, 0.25) is 0 Å². The van der Waals surface area contributed by atoms with Crippen LogP contribution in [0.3, 0.4) is 0 Å². The Morgan fingerprint density at radius 2 is 2.14 bits per heavy atom. The number of carbonyl (C=O) groups is 1. The Morgan fingerprint density at radius 3 is 2.79 bits per heavy atom. The zero-order valence-corrected chi connectivity index (χ0v) is 16.9. The van der Waals surface area contributed by atoms with Gasteiger partial charge in [-0.2, -0.15) is 10.2 Å². The van der Waals surface area contributed by atoms with E-state index in [-0.39, 0.29) is 11.6 Å². The van der Waals surface area contributed by atoms with Crippen LogP contribution in [-0.4, -0.2) is 36.9 Å². The minimum atomic E-state index is -0.421. The first-order valence-electron chi connectivity index (χ1n) is 9.08. The Balaban J connectivity index is 1.59. The van der Waals surface area contributed by atoms with Crippen molar-refractivity contribution in [2.45, 2.75) is 33.4 Å². The molecule has 1 aromatic carbocycles. The van der Waals surface area contributed by atoms with Crippen molar-refractivity contribution < 1.29 is 9.72 Å². The first kappa shape index (κ1) is 20.5. The number of carbonyl (C=O) groups excluding carboxylic acids is 1. The molecule has 0 fully saturated rings. The molecule has 0 aliphatic carbocycles. The van der Waals surface area contributed by atoms with Crippen molar-refractivity contribution in [3.63, 3.8) is 0 Å². The average molecular weight is 417 g/mol. The van der Waals surface area contributed by atoms with E-state index in [9.17, 15) is 14.9 Å². The average Bonchev–Trinajstić information content (AvgIpc) is 3.21. The Morgan fingerprint density at radius 1 is 1.34 bits per heavy atom. The van der Waals surface area contributed by atoms with Crippen molar-refractivity contribution >= 4 is 23.2 Å². The smallest absolute Gasteiger partial charge is 0.312 e. The van der Waals surface area contributed by atoms with Gasteiger partial charge in [-0.3, -0.25) is 24.3 Å². The number of hydrogen-bond acceptors (Lipinski definition) is 5. The number of rotatable bonds is 8. The van der Waals surface area contributed by atoms with Gasteiger partial charge in [-0.25, -0.2) is 0 Å². The SMILES string of the molecule is Cc1nn(Cc2cccc(C(=O)NCCCn3cc(Cl)cn3)c2)c(C)c1[N+](=O)[O-]. The summed E-state index contributed by atoms with van der Waals surface area (Å²) in [5.74, 6) is -0.176. The van der Waals surface area contributed by atoms with Crippen LogP contribution in [0.1, 0.15) is 33.7 Å². The molecule has 0 bridgehead atoms. The maximum Gasteiger partial charge on any atom is 0.312 e. The van der Waals surface area contributed by atoms with E-state index in [2.05, 4.69) is 15.5 Å². The van der Waals surface area contributed by atoms with Gasteiger partial charge in [0.1, 0.15) is 11.4 Å². The molecule has 152 valence electrons. The highest BCUT2D eigenvalue weighted by atomic mass is 35.5. The summed E-state index contributed by atoms with van der Waals surface area (Å²) in [6, 6.07) is 7.15. The minimum Gasteiger partial charge on any atom is -0.352 e. The molecule has 2 heterocycles. The number of nitrogens with zero attached hydrogens (tertiary/aromatic N) is 5. The second-order valence-electron chi connectivity index (χ2n) is 6.67. The van der Waals surface area contributed by atoms with Crippen LogP contribution in [-0.2, 0) is 13.1 Å². The zero-order valence-electron chi connectivity index (χ0n) is 16.1. The highest BCUT2D eigenvalue weighted by Crippen LogP contribution is 2.22. The molecule has 1 amide bonds. The number of nitrogens with one attached hydrogen (secondary N) is 1. The molecule has 0 aliphatic heterocycles. The van der Waals surface area contributed by atoms with Gasteiger partial charge in [0.15, 0.2) is 0 Å². The first-order valence-corrected chi connectivity index (χ1v) is 9.46. The van der Waals surface area contributed by atoms with E-state index >= 15 is 0 Å². The lowest BCUT2D eigenvalue weighted by molar-refractivity contribution is -0.386. The molecule has 1 N–H and O–H groups in total. The van der Waals surface area contributed by atoms with Crippen LogP contribution in [0.25, 0.3) is 0 Å². The van der Waals surface area contributed by atoms with Gasteiger partial charge in [0, 0.05) is 24.8 Å². The van der Waals surface area contributed by atoms with Gasteiger partial charge in [-0.15, -0.1) is 0 Å². The lowest BCUT2D eigenvalue weighted by atomic mass is 10.1. The van der Waals surface area contributed by atoms with Crippen LogP contribution in [0.5, 0.6) is 0 Å². The number of aromatic nitrogens is 4. The van der Waals surface area contributed by atoms with E-state index in [4.69, 9.17) is 11.6 Å². The maximum absolute atomic E-state index is 12.4. The predicted octanol–water partition coefficient (Wildman–Crippen LogP) is 3.13. The van der Waals surface area contributed by atoms with Gasteiger partial charge in [-0.1, -0.05) is 23.7 Å². The number of nitro groups is 1. The van der Waals surface area contributed by atoms with Crippen LogP contribution in [0.2, 0.25) is 5.02 Å². The summed E-state index contributed by atoms with van der Waals surface area (Å²) < 4.78 is 3.31. The molecule has 0 aliphatic rings. The van der Waals surface area contributed by atoms with E-state index in [1.165, 1.54) is 0 Å². The monoisotopic (exact) mass is 416 g/mol. The summed E-state index contributed by atoms with van der Waals surface area (Å²) in [4.78, 5) is 23.1. The van der Waals surface area contributed by atoms with Gasteiger partial charge in [-0.05, 0) is 38.0 Å². The van der Waals surface area contributed by atoms with Crippen molar-refractivity contribution in [3.8, 4) is 0 Å². The summed E-state index contributed by atoms with van der Waals surface area (Å²) in [7, 11) is 0. The van der Waals surface area contributed by atoms with Gasteiger partial charge >= 0.3 is 5.69 Å². The minimum absolute atomic E-state index is 0.0253. The Labute approximate surface area is 172 Å². The molecular weight excluding hydrogens is 396 g/mol. The highest BCUT2D eigenvalue weighted by molar-refractivity contribution is 6.30. The third kappa shape index (κ3) is 5.00. The number of halogens is 1. The Kier molecular flexibility index (Phi) is 6.28. The largest absolute Gasteiger partial charge is 0.352 e. The first-order chi connectivity index (χ1) is 13.8. The summed E-state index contributed by atoms with van der Waals surface area (Å²) in [6.45, 7) is 4.79. The predicted molar refractivity (Wildman–Crippen MR) is 108 cm³/mol. The topological polar surface area (TPSA) is 108 Å². The van der Waals surface area contributed by atoms with Crippen molar-refractivity contribution in [3.05, 3.63) is 74.3 Å². The molecule has 3 rings (SSSR count). The van der Waals surface area contributed by atoms with Crippen LogP contribution >= 0.6 is 11.6 Å². The third-order valence-corrected chi connectivity index (χ3v) is 4.69. The molecule has 0 radical (unpaired) electrons. The molecule has 2 aromatic heterocycles. The molecular formula is C19H21ClN6O3. The molecule has 9 nitrogen and oxygen atoms in total. The Hall–Kier alpha value is -3.20. The Bertz CT molecular complexity index is 1040. The molecule has 0 unspecified atom stereocenters. The number of benzene rings is 1. The molecule has 0 saturated heterocycles. The second kappa shape index (κ2) is 8.87. The molecule has 0 spiro atoms. The van der Waals surface area contributed by atoms with Crippen LogP contribution in [0.15, 0.2) is 36.7 Å². The number of hydrogen-bond donors (Lipinski definition) is 1. The van der Waals surface area contributed by atoms with Crippen molar-refractivity contribution in [2.24, 2.45) is 0 Å². The summed E-state index contributed by atoms with van der Waals surface area (Å²) in [5.41, 5.74) is 2.25. The second-order valence-corrected chi connectivity index (χ2v) is 7.10. The van der Waals surface area contributed by atoms with Crippen molar-refractivity contribution in [1.82, 2.24) is 24.9 Å². The molecule has 29 heavy (non-hydrogen) atoms. The summed E-state index contributed by atoms with van der Waals surface area (Å²) in [5, 5.41) is 23.0. The van der Waals surface area contributed by atoms with E-state index in [0.29, 0.717) is 41.6 Å². The van der Waals surface area contributed by atoms with E-state index in [0.717, 1.165) is 12.0 Å². The fourth-order valence-corrected chi connectivity index (χ4v) is 3.25. The van der Waals surface area contributed by atoms with Crippen molar-refractivity contribution in [1.29, 1.82) is 0 Å². The third-order valence-electron chi connectivity index (χ3n) is 4.50. The van der Waals surface area contributed by atoms with Crippen molar-refractivity contribution in [2.75, 3.05) is 6.54 Å². The molecule has 0 saturated carbocycles. The van der Waals surface area contributed by atoms with Crippen LogP contribution < -0.4 is 5.32 Å². The summed E-state index contributed by atoms with van der Waals surface area (Å²) in [6.07, 6.45) is 4.03. The maximum atomic E-state index is 12.4. The molecule has 3 aromatic rings. The van der Waals surface area contributed by atoms with Crippen LogP contribution in [0, 0.1) is 24.0 Å².